The molecule has 0 aliphatic carbocycles. The van der Waals surface area contributed by atoms with Crippen molar-refractivity contribution in [3.8, 4) is 6.07 Å². The third-order valence-electron chi connectivity index (χ3n) is 2.07. The molecule has 0 radical (unpaired) electrons. The molecule has 0 aliphatic rings. The van der Waals surface area contributed by atoms with Gasteiger partial charge in [-0.05, 0) is 12.1 Å². The Balaban J connectivity index is 3.06. The van der Waals surface area contributed by atoms with Crippen molar-refractivity contribution in [1.29, 1.82) is 5.26 Å². The molecule has 0 aromatic heterocycles. The van der Waals surface area contributed by atoms with Crippen LogP contribution in [-0.2, 0) is 6.18 Å². The maximum absolute atomic E-state index is 12.4. The highest BCUT2D eigenvalue weighted by molar-refractivity contribution is 5.62. The SMILES string of the molecule is N#CCCNc1ccc(C(F)(F)F)cc1[N+](=O)[O-]. The molecular formula is C10H8F3N3O2. The quantitative estimate of drug-likeness (QED) is 0.512. The fourth-order valence-electron chi connectivity index (χ4n) is 1.26. The zero-order chi connectivity index (χ0) is 13.8. The van der Waals surface area contributed by atoms with Crippen LogP contribution in [0, 0.1) is 21.4 Å². The number of nitrogens with zero attached hydrogens (tertiary/aromatic N) is 2. The number of nitrogens with one attached hydrogen (secondary N) is 1. The van der Waals surface area contributed by atoms with Crippen molar-refractivity contribution >= 4 is 11.4 Å². The zero-order valence-corrected chi connectivity index (χ0v) is 8.99. The summed E-state index contributed by atoms with van der Waals surface area (Å²) in [5.74, 6) is 0. The lowest BCUT2D eigenvalue weighted by atomic mass is 10.1. The Kier molecular flexibility index (Phi) is 4.09. The van der Waals surface area contributed by atoms with Gasteiger partial charge in [0.05, 0.1) is 23.0 Å². The maximum Gasteiger partial charge on any atom is 0.416 e. The summed E-state index contributed by atoms with van der Waals surface area (Å²) in [6.07, 6.45) is -4.53. The van der Waals surface area contributed by atoms with E-state index in [9.17, 15) is 23.3 Å². The summed E-state index contributed by atoms with van der Waals surface area (Å²) in [5.41, 5.74) is -1.79. The van der Waals surface area contributed by atoms with E-state index in [1.165, 1.54) is 0 Å². The highest BCUT2D eigenvalue weighted by Crippen LogP contribution is 2.34. The number of benzene rings is 1. The van der Waals surface area contributed by atoms with E-state index in [4.69, 9.17) is 5.26 Å². The first-order chi connectivity index (χ1) is 8.36. The number of hydrogen-bond donors (Lipinski definition) is 1. The van der Waals surface area contributed by atoms with Gasteiger partial charge in [-0.2, -0.15) is 18.4 Å². The second-order valence-electron chi connectivity index (χ2n) is 3.32. The van der Waals surface area contributed by atoms with Crippen LogP contribution in [0.5, 0.6) is 0 Å². The predicted octanol–water partition coefficient (Wildman–Crippen LogP) is 2.94. The van der Waals surface area contributed by atoms with Crippen LogP contribution in [0.2, 0.25) is 0 Å². The van der Waals surface area contributed by atoms with E-state index < -0.39 is 22.4 Å². The highest BCUT2D eigenvalue weighted by Gasteiger charge is 2.32. The van der Waals surface area contributed by atoms with Crippen LogP contribution >= 0.6 is 0 Å². The van der Waals surface area contributed by atoms with Gasteiger partial charge in [0.25, 0.3) is 5.69 Å². The summed E-state index contributed by atoms with van der Waals surface area (Å²) in [4.78, 5) is 9.77. The molecular weight excluding hydrogens is 251 g/mol. The lowest BCUT2D eigenvalue weighted by molar-refractivity contribution is -0.384. The zero-order valence-electron chi connectivity index (χ0n) is 8.99. The van der Waals surface area contributed by atoms with Crippen LogP contribution in [0.4, 0.5) is 24.5 Å². The van der Waals surface area contributed by atoms with Crippen LogP contribution in [0.3, 0.4) is 0 Å². The Bertz CT molecular complexity index is 494. The van der Waals surface area contributed by atoms with Crippen molar-refractivity contribution in [1.82, 2.24) is 0 Å². The Morgan fingerprint density at radius 1 is 1.44 bits per heavy atom. The molecule has 0 unspecified atom stereocenters. The Morgan fingerprint density at radius 2 is 2.11 bits per heavy atom. The average Bonchev–Trinajstić information content (AvgIpc) is 2.28. The molecule has 1 N–H and O–H groups in total. The van der Waals surface area contributed by atoms with Crippen molar-refractivity contribution in [2.24, 2.45) is 0 Å². The molecule has 96 valence electrons. The van der Waals surface area contributed by atoms with Crippen LogP contribution < -0.4 is 5.32 Å². The number of anilines is 1. The smallest absolute Gasteiger partial charge is 0.378 e. The third kappa shape index (κ3) is 3.35. The standard InChI is InChI=1S/C10H8F3N3O2/c11-10(12,13)7-2-3-8(15-5-1-4-14)9(6-7)16(17)18/h2-3,6,15H,1,5H2. The van der Waals surface area contributed by atoms with E-state index in [0.717, 1.165) is 12.1 Å². The van der Waals surface area contributed by atoms with Crippen molar-refractivity contribution < 1.29 is 18.1 Å². The summed E-state index contributed by atoms with van der Waals surface area (Å²) in [6.45, 7) is 0.128. The second-order valence-corrected chi connectivity index (χ2v) is 3.32. The van der Waals surface area contributed by atoms with Crippen LogP contribution in [-0.4, -0.2) is 11.5 Å². The summed E-state index contributed by atoms with van der Waals surface area (Å²) < 4.78 is 37.2. The van der Waals surface area contributed by atoms with Gasteiger partial charge in [-0.25, -0.2) is 0 Å². The molecule has 0 atom stereocenters. The molecule has 0 bridgehead atoms. The maximum atomic E-state index is 12.4. The Labute approximate surface area is 100.0 Å². The fraction of sp³-hybridized carbons (Fsp3) is 0.300. The van der Waals surface area contributed by atoms with Crippen molar-refractivity contribution in [3.05, 3.63) is 33.9 Å². The first-order valence-electron chi connectivity index (χ1n) is 4.82. The van der Waals surface area contributed by atoms with Gasteiger partial charge in [-0.3, -0.25) is 10.1 Å². The van der Waals surface area contributed by atoms with Gasteiger partial charge in [-0.1, -0.05) is 0 Å². The second kappa shape index (κ2) is 5.35. The monoisotopic (exact) mass is 259 g/mol. The molecule has 1 aromatic rings. The van der Waals surface area contributed by atoms with Crippen molar-refractivity contribution in [3.63, 3.8) is 0 Å². The molecule has 0 amide bonds. The van der Waals surface area contributed by atoms with Crippen LogP contribution in [0.1, 0.15) is 12.0 Å². The minimum Gasteiger partial charge on any atom is -0.378 e. The number of nitro benzene ring substituents is 1. The minimum absolute atomic E-state index is 0.0387. The van der Waals surface area contributed by atoms with Gasteiger partial charge in [-0.15, -0.1) is 0 Å². The molecule has 1 aromatic carbocycles. The topological polar surface area (TPSA) is 79.0 Å². The van der Waals surface area contributed by atoms with E-state index in [-0.39, 0.29) is 18.7 Å². The van der Waals surface area contributed by atoms with E-state index >= 15 is 0 Å². The molecule has 0 heterocycles. The molecule has 5 nitrogen and oxygen atoms in total. The first-order valence-corrected chi connectivity index (χ1v) is 4.82. The Morgan fingerprint density at radius 3 is 2.61 bits per heavy atom. The lowest BCUT2D eigenvalue weighted by Crippen LogP contribution is -2.08. The normalized spacial score (nSPS) is 10.8. The fourth-order valence-corrected chi connectivity index (χ4v) is 1.26. The van der Waals surface area contributed by atoms with Crippen molar-refractivity contribution in [2.45, 2.75) is 12.6 Å². The molecule has 18 heavy (non-hydrogen) atoms. The number of halogens is 3. The first kappa shape index (κ1) is 13.8. The molecule has 0 saturated heterocycles. The third-order valence-corrected chi connectivity index (χ3v) is 2.07. The Hall–Kier alpha value is -2.30. The van der Waals surface area contributed by atoms with E-state index in [1.54, 1.807) is 0 Å². The summed E-state index contributed by atoms with van der Waals surface area (Å²) in [6, 6.07) is 4.01. The van der Waals surface area contributed by atoms with Gasteiger partial charge in [0.1, 0.15) is 5.69 Å². The molecule has 0 fully saturated rings. The number of hydrogen-bond acceptors (Lipinski definition) is 4. The van der Waals surface area contributed by atoms with Gasteiger partial charge < -0.3 is 5.32 Å². The molecule has 0 saturated carbocycles. The highest BCUT2D eigenvalue weighted by atomic mass is 19.4. The minimum atomic E-state index is -4.63. The van der Waals surface area contributed by atoms with E-state index in [0.29, 0.717) is 6.07 Å². The largest absolute Gasteiger partial charge is 0.416 e. The molecule has 1 rings (SSSR count). The van der Waals surface area contributed by atoms with Crippen LogP contribution in [0.15, 0.2) is 18.2 Å². The summed E-state index contributed by atoms with van der Waals surface area (Å²) in [5, 5.41) is 21.5. The number of nitro groups is 1. The average molecular weight is 259 g/mol. The molecule has 0 spiro atoms. The number of rotatable bonds is 4. The molecule has 8 heteroatoms. The van der Waals surface area contributed by atoms with E-state index in [1.807, 2.05) is 6.07 Å². The summed E-state index contributed by atoms with van der Waals surface area (Å²) in [7, 11) is 0. The lowest BCUT2D eigenvalue weighted by Gasteiger charge is -2.09. The molecule has 0 aliphatic heterocycles. The predicted molar refractivity (Wildman–Crippen MR) is 56.8 cm³/mol. The van der Waals surface area contributed by atoms with E-state index in [2.05, 4.69) is 5.32 Å². The van der Waals surface area contributed by atoms with Crippen molar-refractivity contribution in [2.75, 3.05) is 11.9 Å². The van der Waals surface area contributed by atoms with Gasteiger partial charge in [0.15, 0.2) is 0 Å². The number of nitriles is 1. The van der Waals surface area contributed by atoms with Crippen LogP contribution in [0.25, 0.3) is 0 Å². The van der Waals surface area contributed by atoms with Gasteiger partial charge in [0, 0.05) is 12.6 Å². The summed E-state index contributed by atoms with van der Waals surface area (Å²) >= 11 is 0. The van der Waals surface area contributed by atoms with Gasteiger partial charge >= 0.3 is 6.18 Å². The number of alkyl halides is 3. The van der Waals surface area contributed by atoms with Gasteiger partial charge in [0.2, 0.25) is 0 Å².